The first-order valence-electron chi connectivity index (χ1n) is 8.85. The molecule has 7 nitrogen and oxygen atoms in total. The highest BCUT2D eigenvalue weighted by atomic mass is 16.5. The number of carbonyl (C=O) groups is 1. The molecular formula is C18H22N4O3. The maximum Gasteiger partial charge on any atom is 0.270 e. The van der Waals surface area contributed by atoms with Gasteiger partial charge in [-0.1, -0.05) is 11.2 Å². The summed E-state index contributed by atoms with van der Waals surface area (Å²) in [6, 6.07) is 3.39. The van der Waals surface area contributed by atoms with E-state index in [1.54, 1.807) is 13.0 Å². The van der Waals surface area contributed by atoms with Crippen molar-refractivity contribution in [2.45, 2.75) is 51.5 Å². The van der Waals surface area contributed by atoms with Crippen LogP contribution in [0.15, 0.2) is 16.7 Å². The number of aryl methyl sites for hydroxylation is 1. The van der Waals surface area contributed by atoms with Crippen LogP contribution in [0.2, 0.25) is 0 Å². The van der Waals surface area contributed by atoms with E-state index in [4.69, 9.17) is 9.26 Å². The monoisotopic (exact) mass is 342 g/mol. The van der Waals surface area contributed by atoms with Crippen LogP contribution in [-0.2, 0) is 0 Å². The molecule has 2 saturated carbocycles. The molecule has 2 aliphatic carbocycles. The Balaban J connectivity index is 1.48. The Labute approximate surface area is 146 Å². The Kier molecular flexibility index (Phi) is 4.15. The maximum absolute atomic E-state index is 12.5. The van der Waals surface area contributed by atoms with E-state index in [1.165, 1.54) is 25.7 Å². The number of nitrogens with one attached hydrogen (secondary N) is 1. The lowest BCUT2D eigenvalue weighted by Crippen LogP contribution is -2.28. The van der Waals surface area contributed by atoms with E-state index < -0.39 is 0 Å². The second kappa shape index (κ2) is 6.46. The zero-order valence-electron chi connectivity index (χ0n) is 14.5. The Morgan fingerprint density at radius 2 is 2.12 bits per heavy atom. The standard InChI is InChI=1S/C18H22N4O3/c1-10(16-20-11(2)25-22-16)19-17(23)15-8-7-14(13-5-6-13)18(21-15)24-9-12-3-4-12/h7-8,10,12-13H,3-6,9H2,1-2H3,(H,19,23)/t10-/m1/s1. The van der Waals surface area contributed by atoms with Gasteiger partial charge >= 0.3 is 0 Å². The van der Waals surface area contributed by atoms with Crippen LogP contribution in [0.1, 0.15) is 72.3 Å². The fourth-order valence-corrected chi connectivity index (χ4v) is 2.71. The third-order valence-electron chi connectivity index (χ3n) is 4.57. The molecule has 0 radical (unpaired) electrons. The summed E-state index contributed by atoms with van der Waals surface area (Å²) in [5.41, 5.74) is 1.47. The number of amides is 1. The smallest absolute Gasteiger partial charge is 0.270 e. The normalized spacial score (nSPS) is 18.0. The minimum atomic E-state index is -0.356. The fourth-order valence-electron chi connectivity index (χ4n) is 2.71. The molecule has 2 aromatic heterocycles. The molecule has 132 valence electrons. The number of carbonyl (C=O) groups excluding carboxylic acids is 1. The van der Waals surface area contributed by atoms with Crippen LogP contribution in [0.25, 0.3) is 0 Å². The third kappa shape index (κ3) is 3.81. The van der Waals surface area contributed by atoms with Crippen LogP contribution in [0.3, 0.4) is 0 Å². The number of hydrogen-bond donors (Lipinski definition) is 1. The van der Waals surface area contributed by atoms with E-state index in [9.17, 15) is 4.79 Å². The van der Waals surface area contributed by atoms with Crippen molar-refractivity contribution in [3.05, 3.63) is 35.1 Å². The largest absolute Gasteiger partial charge is 0.477 e. The van der Waals surface area contributed by atoms with Gasteiger partial charge in [-0.2, -0.15) is 4.98 Å². The lowest BCUT2D eigenvalue weighted by Gasteiger charge is -2.13. The molecule has 0 unspecified atom stereocenters. The minimum absolute atomic E-state index is 0.270. The molecule has 1 amide bonds. The zero-order chi connectivity index (χ0) is 17.4. The van der Waals surface area contributed by atoms with E-state index in [0.29, 0.717) is 41.7 Å². The van der Waals surface area contributed by atoms with Crippen LogP contribution in [0, 0.1) is 12.8 Å². The average molecular weight is 342 g/mol. The second-order valence-electron chi connectivity index (χ2n) is 6.99. The number of rotatable bonds is 7. The molecule has 0 aromatic carbocycles. The van der Waals surface area contributed by atoms with Gasteiger partial charge in [0.05, 0.1) is 12.6 Å². The molecule has 0 bridgehead atoms. The van der Waals surface area contributed by atoms with Gasteiger partial charge in [0.2, 0.25) is 11.8 Å². The molecule has 1 N–H and O–H groups in total. The maximum atomic E-state index is 12.5. The number of nitrogens with zero attached hydrogens (tertiary/aromatic N) is 3. The van der Waals surface area contributed by atoms with Gasteiger partial charge in [-0.3, -0.25) is 4.79 Å². The van der Waals surface area contributed by atoms with Crippen LogP contribution >= 0.6 is 0 Å². The molecule has 7 heteroatoms. The third-order valence-corrected chi connectivity index (χ3v) is 4.57. The highest BCUT2D eigenvalue weighted by molar-refractivity contribution is 5.92. The zero-order valence-corrected chi connectivity index (χ0v) is 14.5. The Hall–Kier alpha value is -2.44. The Morgan fingerprint density at radius 3 is 2.76 bits per heavy atom. The van der Waals surface area contributed by atoms with Gasteiger partial charge in [0.1, 0.15) is 5.69 Å². The van der Waals surface area contributed by atoms with Gasteiger partial charge in [0.25, 0.3) is 5.91 Å². The van der Waals surface area contributed by atoms with Crippen molar-refractivity contribution in [1.82, 2.24) is 20.4 Å². The summed E-state index contributed by atoms with van der Waals surface area (Å²) in [5, 5.41) is 6.69. The lowest BCUT2D eigenvalue weighted by molar-refractivity contribution is 0.0931. The predicted octanol–water partition coefficient (Wildman–Crippen LogP) is 2.93. The van der Waals surface area contributed by atoms with Gasteiger partial charge in [0, 0.05) is 12.5 Å². The minimum Gasteiger partial charge on any atom is -0.477 e. The lowest BCUT2D eigenvalue weighted by atomic mass is 10.1. The van der Waals surface area contributed by atoms with Gasteiger partial charge < -0.3 is 14.6 Å². The van der Waals surface area contributed by atoms with Crippen molar-refractivity contribution in [3.63, 3.8) is 0 Å². The number of ether oxygens (including phenoxy) is 1. The van der Waals surface area contributed by atoms with Gasteiger partial charge in [-0.05, 0) is 50.5 Å². The highest BCUT2D eigenvalue weighted by Gasteiger charge is 2.30. The first-order valence-corrected chi connectivity index (χ1v) is 8.85. The molecule has 2 heterocycles. The van der Waals surface area contributed by atoms with Crippen LogP contribution in [0.5, 0.6) is 5.88 Å². The molecule has 1 atom stereocenters. The predicted molar refractivity (Wildman–Crippen MR) is 89.3 cm³/mol. The summed E-state index contributed by atoms with van der Waals surface area (Å²) < 4.78 is 10.9. The molecular weight excluding hydrogens is 320 g/mol. The Bertz CT molecular complexity index is 780. The van der Waals surface area contributed by atoms with Crippen LogP contribution < -0.4 is 10.1 Å². The summed E-state index contributed by atoms with van der Waals surface area (Å²) in [6.07, 6.45) is 4.78. The van der Waals surface area contributed by atoms with Gasteiger partial charge in [-0.25, -0.2) is 4.98 Å². The molecule has 2 aliphatic rings. The van der Waals surface area contributed by atoms with Gasteiger partial charge in [0.15, 0.2) is 5.82 Å². The molecule has 4 rings (SSSR count). The van der Waals surface area contributed by atoms with E-state index in [2.05, 4.69) is 20.4 Å². The van der Waals surface area contributed by atoms with Crippen molar-refractivity contribution in [2.75, 3.05) is 6.61 Å². The van der Waals surface area contributed by atoms with Crippen molar-refractivity contribution < 1.29 is 14.1 Å². The SMILES string of the molecule is Cc1nc([C@@H](C)NC(=O)c2ccc(C3CC3)c(OCC3CC3)n2)no1. The summed E-state index contributed by atoms with van der Waals surface area (Å²) >= 11 is 0. The molecule has 0 saturated heterocycles. The average Bonchev–Trinajstić information content (AvgIpc) is 3.52. The molecule has 2 fully saturated rings. The number of pyridine rings is 1. The molecule has 2 aromatic rings. The van der Waals surface area contributed by atoms with E-state index in [-0.39, 0.29) is 11.9 Å². The summed E-state index contributed by atoms with van der Waals surface area (Å²) in [7, 11) is 0. The number of hydrogen-bond acceptors (Lipinski definition) is 6. The number of aromatic nitrogens is 3. The van der Waals surface area contributed by atoms with Crippen molar-refractivity contribution in [1.29, 1.82) is 0 Å². The van der Waals surface area contributed by atoms with Crippen molar-refractivity contribution >= 4 is 5.91 Å². The fraction of sp³-hybridized carbons (Fsp3) is 0.556. The quantitative estimate of drug-likeness (QED) is 0.832. The van der Waals surface area contributed by atoms with E-state index in [0.717, 1.165) is 5.56 Å². The highest BCUT2D eigenvalue weighted by Crippen LogP contribution is 2.44. The summed E-state index contributed by atoms with van der Waals surface area (Å²) in [4.78, 5) is 21.1. The first kappa shape index (κ1) is 16.1. The second-order valence-corrected chi connectivity index (χ2v) is 6.99. The van der Waals surface area contributed by atoms with Gasteiger partial charge in [-0.15, -0.1) is 0 Å². The van der Waals surface area contributed by atoms with E-state index in [1.807, 2.05) is 13.0 Å². The molecule has 25 heavy (non-hydrogen) atoms. The van der Waals surface area contributed by atoms with E-state index >= 15 is 0 Å². The molecule has 0 spiro atoms. The van der Waals surface area contributed by atoms with Crippen molar-refractivity contribution in [2.24, 2.45) is 5.92 Å². The summed E-state index contributed by atoms with van der Waals surface area (Å²) in [5.74, 6) is 2.44. The van der Waals surface area contributed by atoms with Crippen LogP contribution in [-0.4, -0.2) is 27.6 Å². The topological polar surface area (TPSA) is 90.1 Å². The molecule has 0 aliphatic heterocycles. The van der Waals surface area contributed by atoms with Crippen LogP contribution in [0.4, 0.5) is 0 Å². The Morgan fingerprint density at radius 1 is 1.32 bits per heavy atom. The van der Waals surface area contributed by atoms with Crippen molar-refractivity contribution in [3.8, 4) is 5.88 Å². The summed E-state index contributed by atoms with van der Waals surface area (Å²) in [6.45, 7) is 4.22. The first-order chi connectivity index (χ1) is 12.1.